The molecule has 2 aromatic carbocycles. The van der Waals surface area contributed by atoms with Gasteiger partial charge in [0.15, 0.2) is 0 Å². The first-order valence-electron chi connectivity index (χ1n) is 10.5. The summed E-state index contributed by atoms with van der Waals surface area (Å²) in [7, 11) is -3.46. The smallest absolute Gasteiger partial charge is 0.339 e. The van der Waals surface area contributed by atoms with Crippen LogP contribution >= 0.6 is 11.6 Å². The summed E-state index contributed by atoms with van der Waals surface area (Å²) in [5.41, 5.74) is 2.35. The lowest BCUT2D eigenvalue weighted by atomic mass is 9.97. The van der Waals surface area contributed by atoms with E-state index in [1.165, 1.54) is 16.4 Å². The van der Waals surface area contributed by atoms with E-state index in [9.17, 15) is 18.0 Å². The van der Waals surface area contributed by atoms with Gasteiger partial charge in [0.25, 0.3) is 0 Å². The number of rotatable bonds is 7. The Balaban J connectivity index is 1.59. The maximum atomic E-state index is 12.8. The van der Waals surface area contributed by atoms with Crippen molar-refractivity contribution < 1.29 is 22.7 Å². The van der Waals surface area contributed by atoms with Gasteiger partial charge in [0.1, 0.15) is 0 Å². The standard InChI is InChI=1S/C23H27ClN2O5S/c1-3-31-23(28)20-14-19(8-9-21(20)24)25-22(27)17-10-12-26(13-11-17)32(29,30)15-18-7-5-4-6-16(18)2/h4-9,14,17H,3,10-13,15H2,1-2H3,(H,25,27). The number of sulfonamides is 1. The number of carbonyl (C=O) groups is 2. The van der Waals surface area contributed by atoms with Crippen molar-refractivity contribution in [2.24, 2.45) is 5.92 Å². The van der Waals surface area contributed by atoms with E-state index in [2.05, 4.69) is 5.32 Å². The summed E-state index contributed by atoms with van der Waals surface area (Å²) < 4.78 is 32.1. The van der Waals surface area contributed by atoms with Crippen LogP contribution in [-0.2, 0) is 25.3 Å². The number of nitrogens with zero attached hydrogens (tertiary/aromatic N) is 1. The molecule has 1 aliphatic heterocycles. The van der Waals surface area contributed by atoms with Crippen LogP contribution in [0, 0.1) is 12.8 Å². The van der Waals surface area contributed by atoms with E-state index in [1.807, 2.05) is 31.2 Å². The molecule has 1 amide bonds. The third-order valence-corrected chi connectivity index (χ3v) is 7.70. The minimum atomic E-state index is -3.46. The maximum Gasteiger partial charge on any atom is 0.339 e. The molecule has 7 nitrogen and oxygen atoms in total. The molecule has 172 valence electrons. The van der Waals surface area contributed by atoms with Gasteiger partial charge in [-0.3, -0.25) is 4.79 Å². The third-order valence-electron chi connectivity index (χ3n) is 5.55. The van der Waals surface area contributed by atoms with Crippen molar-refractivity contribution in [2.75, 3.05) is 25.0 Å². The predicted molar refractivity (Wildman–Crippen MR) is 124 cm³/mol. The molecule has 3 rings (SSSR count). The molecule has 0 radical (unpaired) electrons. The lowest BCUT2D eigenvalue weighted by Gasteiger charge is -2.30. The SMILES string of the molecule is CCOC(=O)c1cc(NC(=O)C2CCN(S(=O)(=O)Cc3ccccc3C)CC2)ccc1Cl. The van der Waals surface area contributed by atoms with Crippen molar-refractivity contribution >= 4 is 39.2 Å². The molecule has 0 spiro atoms. The first-order chi connectivity index (χ1) is 15.2. The quantitative estimate of drug-likeness (QED) is 0.607. The summed E-state index contributed by atoms with van der Waals surface area (Å²) in [6.07, 6.45) is 0.855. The van der Waals surface area contributed by atoms with E-state index >= 15 is 0 Å². The Kier molecular flexibility index (Phi) is 7.92. The zero-order valence-corrected chi connectivity index (χ0v) is 19.7. The topological polar surface area (TPSA) is 92.8 Å². The van der Waals surface area contributed by atoms with Crippen molar-refractivity contribution in [3.8, 4) is 0 Å². The van der Waals surface area contributed by atoms with E-state index < -0.39 is 16.0 Å². The molecular formula is C23H27ClN2O5S. The number of ether oxygens (including phenoxy) is 1. The highest BCUT2D eigenvalue weighted by molar-refractivity contribution is 7.88. The molecule has 0 atom stereocenters. The van der Waals surface area contributed by atoms with Gasteiger partial charge in [-0.05, 0) is 56.0 Å². The van der Waals surface area contributed by atoms with Crippen LogP contribution in [0.4, 0.5) is 5.69 Å². The number of aryl methyl sites for hydroxylation is 1. The number of esters is 1. The molecule has 2 aromatic rings. The molecule has 1 heterocycles. The number of hydrogen-bond donors (Lipinski definition) is 1. The Morgan fingerprint density at radius 2 is 1.84 bits per heavy atom. The predicted octanol–water partition coefficient (Wildman–Crippen LogP) is 4.01. The second-order valence-corrected chi connectivity index (χ2v) is 10.1. The summed E-state index contributed by atoms with van der Waals surface area (Å²) in [4.78, 5) is 24.7. The number of piperidine rings is 1. The van der Waals surface area contributed by atoms with Gasteiger partial charge >= 0.3 is 5.97 Å². The van der Waals surface area contributed by atoms with Gasteiger partial charge in [-0.1, -0.05) is 35.9 Å². The fourth-order valence-electron chi connectivity index (χ4n) is 3.67. The molecular weight excluding hydrogens is 452 g/mol. The minimum Gasteiger partial charge on any atom is -0.462 e. The van der Waals surface area contributed by atoms with Crippen LogP contribution in [-0.4, -0.2) is 44.3 Å². The molecule has 1 saturated heterocycles. The molecule has 0 aromatic heterocycles. The van der Waals surface area contributed by atoms with E-state index in [-0.39, 0.29) is 34.8 Å². The lowest BCUT2D eigenvalue weighted by Crippen LogP contribution is -2.42. The van der Waals surface area contributed by atoms with E-state index in [4.69, 9.17) is 16.3 Å². The first kappa shape index (κ1) is 24.2. The highest BCUT2D eigenvalue weighted by Gasteiger charge is 2.31. The number of benzene rings is 2. The van der Waals surface area contributed by atoms with Gasteiger partial charge in [0.05, 0.1) is 22.9 Å². The molecule has 1 fully saturated rings. The molecule has 1 N–H and O–H groups in total. The lowest BCUT2D eigenvalue weighted by molar-refractivity contribution is -0.120. The van der Waals surface area contributed by atoms with Crippen molar-refractivity contribution in [2.45, 2.75) is 32.4 Å². The molecule has 0 bridgehead atoms. The van der Waals surface area contributed by atoms with E-state index in [0.717, 1.165) is 11.1 Å². The molecule has 0 unspecified atom stereocenters. The number of hydrogen-bond acceptors (Lipinski definition) is 5. The second-order valence-electron chi connectivity index (χ2n) is 7.76. The Morgan fingerprint density at radius 3 is 2.50 bits per heavy atom. The van der Waals surface area contributed by atoms with Crippen LogP contribution in [0.2, 0.25) is 5.02 Å². The van der Waals surface area contributed by atoms with Gasteiger partial charge in [-0.2, -0.15) is 0 Å². The number of amides is 1. The number of nitrogens with one attached hydrogen (secondary N) is 1. The largest absolute Gasteiger partial charge is 0.462 e. The monoisotopic (exact) mass is 478 g/mol. The highest BCUT2D eigenvalue weighted by atomic mass is 35.5. The minimum absolute atomic E-state index is 0.0437. The Bertz CT molecular complexity index is 1100. The Hall–Kier alpha value is -2.42. The van der Waals surface area contributed by atoms with Crippen molar-refractivity contribution in [3.05, 3.63) is 64.2 Å². The summed E-state index contributed by atoms with van der Waals surface area (Å²) in [6.45, 7) is 4.40. The molecule has 9 heteroatoms. The summed E-state index contributed by atoms with van der Waals surface area (Å²) in [5, 5.41) is 3.05. The van der Waals surface area contributed by atoms with Gasteiger partial charge in [-0.15, -0.1) is 0 Å². The normalized spacial score (nSPS) is 15.3. The summed E-state index contributed by atoms with van der Waals surface area (Å²) in [6, 6.07) is 12.1. The molecule has 0 aliphatic carbocycles. The van der Waals surface area contributed by atoms with Crippen LogP contribution in [0.5, 0.6) is 0 Å². The van der Waals surface area contributed by atoms with Gasteiger partial charge in [-0.25, -0.2) is 17.5 Å². The number of carbonyl (C=O) groups excluding carboxylic acids is 2. The van der Waals surface area contributed by atoms with Gasteiger partial charge < -0.3 is 10.1 Å². The average molecular weight is 479 g/mol. The Morgan fingerprint density at radius 1 is 1.16 bits per heavy atom. The molecule has 0 saturated carbocycles. The van der Waals surface area contributed by atoms with Gasteiger partial charge in [0.2, 0.25) is 15.9 Å². The van der Waals surface area contributed by atoms with Crippen molar-refractivity contribution in [1.29, 1.82) is 0 Å². The summed E-state index contributed by atoms with van der Waals surface area (Å²) >= 11 is 6.06. The Labute approximate surface area is 193 Å². The zero-order valence-electron chi connectivity index (χ0n) is 18.1. The molecule has 32 heavy (non-hydrogen) atoms. The van der Waals surface area contributed by atoms with Crippen LogP contribution in [0.3, 0.4) is 0 Å². The summed E-state index contributed by atoms with van der Waals surface area (Å²) in [5.74, 6) is -1.13. The number of anilines is 1. The maximum absolute atomic E-state index is 12.8. The van der Waals surface area contributed by atoms with Crippen LogP contribution in [0.1, 0.15) is 41.3 Å². The van der Waals surface area contributed by atoms with Crippen LogP contribution in [0.25, 0.3) is 0 Å². The highest BCUT2D eigenvalue weighted by Crippen LogP contribution is 2.26. The zero-order chi connectivity index (χ0) is 23.3. The van der Waals surface area contributed by atoms with E-state index in [0.29, 0.717) is 31.6 Å². The van der Waals surface area contributed by atoms with Crippen molar-refractivity contribution in [3.63, 3.8) is 0 Å². The molecule has 1 aliphatic rings. The van der Waals surface area contributed by atoms with Gasteiger partial charge in [0, 0.05) is 24.7 Å². The van der Waals surface area contributed by atoms with E-state index in [1.54, 1.807) is 13.0 Å². The fraction of sp³-hybridized carbons (Fsp3) is 0.391. The average Bonchev–Trinajstić information content (AvgIpc) is 2.77. The first-order valence-corrected chi connectivity index (χ1v) is 12.5. The van der Waals surface area contributed by atoms with Crippen LogP contribution in [0.15, 0.2) is 42.5 Å². The third kappa shape index (κ3) is 5.88. The van der Waals surface area contributed by atoms with Crippen LogP contribution < -0.4 is 5.32 Å². The number of halogens is 1. The van der Waals surface area contributed by atoms with Crippen molar-refractivity contribution in [1.82, 2.24) is 4.31 Å². The fourth-order valence-corrected chi connectivity index (χ4v) is 5.53. The second kappa shape index (κ2) is 10.5.